The van der Waals surface area contributed by atoms with Crippen LogP contribution in [0.15, 0.2) is 70.6 Å². The molecule has 4 aromatic carbocycles. The molecule has 0 aromatic heterocycles. The zero-order chi connectivity index (χ0) is 42.8. The third kappa shape index (κ3) is 18.3. The van der Waals surface area contributed by atoms with Crippen LogP contribution in [0.3, 0.4) is 0 Å². The van der Waals surface area contributed by atoms with Gasteiger partial charge in [-0.2, -0.15) is 0 Å². The van der Waals surface area contributed by atoms with Crippen molar-refractivity contribution in [1.29, 1.82) is 0 Å². The average molecular weight is 862 g/mol. The van der Waals surface area contributed by atoms with Gasteiger partial charge in [-0.25, -0.2) is 0 Å². The molecule has 60 heavy (non-hydrogen) atoms. The number of aryl methyl sites for hydroxylation is 6. The molecule has 0 aliphatic carbocycles. The summed E-state index contributed by atoms with van der Waals surface area (Å²) in [6.07, 6.45) is 28.2. The van der Waals surface area contributed by atoms with E-state index in [0.717, 1.165) is 53.4 Å². The fourth-order valence-corrected chi connectivity index (χ4v) is 7.85. The van der Waals surface area contributed by atoms with Crippen molar-refractivity contribution in [2.45, 2.75) is 203 Å². The van der Waals surface area contributed by atoms with Gasteiger partial charge in [-0.1, -0.05) is 136 Å². The first-order chi connectivity index (χ1) is 28.7. The molecule has 0 atom stereocenters. The van der Waals surface area contributed by atoms with Gasteiger partial charge in [0, 0.05) is 16.5 Å². The minimum absolute atomic E-state index is 0. The molecule has 4 nitrogen and oxygen atoms in total. The van der Waals surface area contributed by atoms with E-state index in [9.17, 15) is 10.2 Å². The van der Waals surface area contributed by atoms with Crippen LogP contribution in [0, 0.1) is 13.8 Å². The summed E-state index contributed by atoms with van der Waals surface area (Å²) in [7, 11) is 0. The van der Waals surface area contributed by atoms with Crippen LogP contribution in [0.1, 0.15) is 197 Å². The summed E-state index contributed by atoms with van der Waals surface area (Å²) >= 11 is 0. The van der Waals surface area contributed by atoms with Crippen molar-refractivity contribution in [3.63, 3.8) is 0 Å². The van der Waals surface area contributed by atoms with E-state index in [1.165, 1.54) is 161 Å². The summed E-state index contributed by atoms with van der Waals surface area (Å²) in [6.45, 7) is 17.8. The molecular formula is C55H82N2NiO2. The number of unbranched alkanes of at least 4 members (excludes halogenated alkanes) is 11. The fourth-order valence-electron chi connectivity index (χ4n) is 7.85. The van der Waals surface area contributed by atoms with Gasteiger partial charge in [0.1, 0.15) is 0 Å². The van der Waals surface area contributed by atoms with Crippen LogP contribution in [0.4, 0.5) is 11.4 Å². The molecule has 0 amide bonds. The maximum absolute atomic E-state index is 9.38. The van der Waals surface area contributed by atoms with Crippen LogP contribution in [-0.2, 0) is 42.2 Å². The number of fused-ring (bicyclic) bond motifs is 1. The Labute approximate surface area is 377 Å². The molecule has 0 saturated heterocycles. The second-order valence-electron chi connectivity index (χ2n) is 17.0. The van der Waals surface area contributed by atoms with Gasteiger partial charge in [-0.05, 0) is 171 Å². The van der Waals surface area contributed by atoms with Gasteiger partial charge in [0.05, 0.1) is 22.8 Å². The first-order valence-corrected chi connectivity index (χ1v) is 24.0. The quantitative estimate of drug-likeness (QED) is 0.0286. The minimum Gasteiger partial charge on any atom is -0.504 e. The van der Waals surface area contributed by atoms with Crippen molar-refractivity contribution in [1.82, 2.24) is 0 Å². The summed E-state index contributed by atoms with van der Waals surface area (Å²) in [5.74, 6) is -0.132. The van der Waals surface area contributed by atoms with Crippen molar-refractivity contribution in [3.05, 3.63) is 94.0 Å². The van der Waals surface area contributed by atoms with Gasteiger partial charge in [-0.3, -0.25) is 9.98 Å². The zero-order valence-electron chi connectivity index (χ0n) is 39.1. The average Bonchev–Trinajstić information content (AvgIpc) is 3.24. The number of phenols is 2. The normalized spacial score (nSPS) is 11.7. The van der Waals surface area contributed by atoms with Crippen molar-refractivity contribution in [2.75, 3.05) is 0 Å². The van der Waals surface area contributed by atoms with Crippen molar-refractivity contribution in [3.8, 4) is 11.5 Å². The summed E-state index contributed by atoms with van der Waals surface area (Å²) in [5, 5.41) is 20.6. The van der Waals surface area contributed by atoms with Gasteiger partial charge >= 0.3 is 0 Å². The smallest absolute Gasteiger partial charge is 0.158 e. The number of rotatable bonds is 26. The predicted octanol–water partition coefficient (Wildman–Crippen LogP) is 17.1. The van der Waals surface area contributed by atoms with Gasteiger partial charge < -0.3 is 10.2 Å². The van der Waals surface area contributed by atoms with E-state index in [-0.39, 0.29) is 28.0 Å². The Morgan fingerprint density at radius 1 is 0.433 bits per heavy atom. The molecule has 0 spiro atoms. The van der Waals surface area contributed by atoms with Crippen molar-refractivity contribution >= 4 is 33.6 Å². The maximum Gasteiger partial charge on any atom is 0.158 e. The zero-order valence-corrected chi connectivity index (χ0v) is 40.1. The van der Waals surface area contributed by atoms with E-state index in [4.69, 9.17) is 9.98 Å². The van der Waals surface area contributed by atoms with Gasteiger partial charge in [0.2, 0.25) is 0 Å². The molecule has 0 aliphatic heterocycles. The summed E-state index contributed by atoms with van der Waals surface area (Å²) in [4.78, 5) is 10.9. The van der Waals surface area contributed by atoms with Gasteiger partial charge in [-0.15, -0.1) is 0 Å². The van der Waals surface area contributed by atoms with Crippen LogP contribution < -0.4 is 0 Å². The van der Waals surface area contributed by atoms with Crippen LogP contribution >= 0.6 is 0 Å². The van der Waals surface area contributed by atoms with Crippen LogP contribution in [0.25, 0.3) is 10.8 Å². The number of hydrogen-bond acceptors (Lipinski definition) is 4. The second-order valence-corrected chi connectivity index (χ2v) is 17.0. The van der Waals surface area contributed by atoms with E-state index < -0.39 is 0 Å². The minimum atomic E-state index is -0.0687. The Kier molecular flexibility index (Phi) is 26.9. The molecule has 4 rings (SSSR count). The Balaban J connectivity index is 0.000000690. The van der Waals surface area contributed by atoms with Crippen molar-refractivity contribution in [2.24, 2.45) is 9.98 Å². The number of nitrogens with zero attached hydrogens (tertiary/aromatic N) is 2. The standard InChI is InChI=1S/C43H70N2.C12H12O2.Ni/c1-7-13-19-20-21-23-29-43(45-41-33-31-37(25-16-10-4)39(35-41)27-18-12-6)42(28-22-14-8-2)44-40-32-30-36(24-15-9-3)38(34-40)26-17-11-5;1-7-3-4-9-5-11(13)12(14)6-10(9)8(7)2;/h30-35H,7-29H2,1-6H3;3-6,13-14H,1-2H3;. The number of aromatic hydroxyl groups is 2. The van der Waals surface area contributed by atoms with Crippen molar-refractivity contribution < 1.29 is 26.7 Å². The molecule has 5 heteroatoms. The molecule has 0 radical (unpaired) electrons. The Morgan fingerprint density at radius 2 is 0.833 bits per heavy atom. The third-order valence-electron chi connectivity index (χ3n) is 11.9. The summed E-state index contributed by atoms with van der Waals surface area (Å²) in [5.41, 5.74) is 13.1. The SMILES string of the molecule is CCCCCCCCC(=Nc1ccc(CCCC)c(CCCC)c1)C(CCCCC)=Nc1ccc(CCCC)c(CCCC)c1.Cc1ccc2cc(O)c(O)cc2c1C.[Ni]. The van der Waals surface area contributed by atoms with E-state index >= 15 is 0 Å². The molecule has 0 heterocycles. The van der Waals surface area contributed by atoms with Crippen LogP contribution in [0.5, 0.6) is 11.5 Å². The fraction of sp³-hybridized carbons (Fsp3) is 0.564. The largest absolute Gasteiger partial charge is 0.504 e. The first kappa shape index (κ1) is 52.7. The van der Waals surface area contributed by atoms with E-state index in [1.807, 2.05) is 26.0 Å². The topological polar surface area (TPSA) is 65.2 Å². The molecule has 4 aromatic rings. The third-order valence-corrected chi connectivity index (χ3v) is 11.9. The maximum atomic E-state index is 9.38. The number of benzene rings is 4. The van der Waals surface area contributed by atoms with E-state index in [2.05, 4.69) is 77.9 Å². The Bertz CT molecular complexity index is 1880. The van der Waals surface area contributed by atoms with Gasteiger partial charge in [0.15, 0.2) is 11.5 Å². The molecule has 334 valence electrons. The number of aliphatic imine (C=N–C) groups is 2. The summed E-state index contributed by atoms with van der Waals surface area (Å²) < 4.78 is 0. The van der Waals surface area contributed by atoms with E-state index in [0.29, 0.717) is 0 Å². The predicted molar refractivity (Wildman–Crippen MR) is 260 cm³/mol. The van der Waals surface area contributed by atoms with E-state index in [1.54, 1.807) is 12.1 Å². The Hall–Kier alpha value is -3.43. The van der Waals surface area contributed by atoms with Crippen LogP contribution in [0.2, 0.25) is 0 Å². The number of phenolic OH excluding ortho intramolecular Hbond substituents is 2. The van der Waals surface area contributed by atoms with Crippen LogP contribution in [-0.4, -0.2) is 21.6 Å². The Morgan fingerprint density at radius 3 is 1.32 bits per heavy atom. The molecule has 0 unspecified atom stereocenters. The molecular weight excluding hydrogens is 779 g/mol. The molecule has 0 fully saturated rings. The monoisotopic (exact) mass is 861 g/mol. The molecule has 2 N–H and O–H groups in total. The summed E-state index contributed by atoms with van der Waals surface area (Å²) in [6, 6.07) is 21.3. The molecule has 0 bridgehead atoms. The molecule has 0 aliphatic rings. The number of hydrogen-bond donors (Lipinski definition) is 2. The van der Waals surface area contributed by atoms with Gasteiger partial charge in [0.25, 0.3) is 0 Å². The first-order valence-electron chi connectivity index (χ1n) is 24.0. The molecule has 0 saturated carbocycles. The second kappa shape index (κ2) is 30.6.